The fraction of sp³-hybridized carbons (Fsp3) is 0. The Kier molecular flexibility index (Phi) is 1.43. The van der Waals surface area contributed by atoms with Crippen molar-refractivity contribution in [3.63, 3.8) is 0 Å². The minimum Gasteiger partial charge on any atom is -0.235 e. The van der Waals surface area contributed by atoms with Crippen molar-refractivity contribution in [1.29, 1.82) is 0 Å². The van der Waals surface area contributed by atoms with Crippen LogP contribution in [-0.2, 0) is 0 Å². The fourth-order valence-electron chi connectivity index (χ4n) is 0.744. The van der Waals surface area contributed by atoms with E-state index in [2.05, 4.69) is 25.3 Å². The molecule has 0 spiro atoms. The minimum atomic E-state index is 0.827. The molecule has 2 rings (SSSR count). The molecule has 0 aliphatic rings. The molecule has 2 aromatic heterocycles. The Morgan fingerprint density at radius 3 is 3.30 bits per heavy atom. The SMILES string of the molecule is Brc1cnc2nscc2c1. The van der Waals surface area contributed by atoms with Crippen molar-refractivity contribution in [3.8, 4) is 0 Å². The van der Waals surface area contributed by atoms with Crippen molar-refractivity contribution < 1.29 is 0 Å². The van der Waals surface area contributed by atoms with Crippen LogP contribution in [0.1, 0.15) is 0 Å². The van der Waals surface area contributed by atoms with Crippen LogP contribution in [0, 0.1) is 0 Å². The van der Waals surface area contributed by atoms with Gasteiger partial charge in [0.1, 0.15) is 0 Å². The number of fused-ring (bicyclic) bond motifs is 1. The molecule has 0 N–H and O–H groups in total. The largest absolute Gasteiger partial charge is 0.235 e. The first-order valence-corrected chi connectivity index (χ1v) is 4.35. The summed E-state index contributed by atoms with van der Waals surface area (Å²) in [7, 11) is 0. The molecule has 0 aromatic carbocycles. The molecule has 0 aliphatic carbocycles. The zero-order chi connectivity index (χ0) is 6.97. The second-order valence-corrected chi connectivity index (χ2v) is 3.43. The molecular weight excluding hydrogens is 212 g/mol. The third-order valence-corrected chi connectivity index (χ3v) is 2.25. The van der Waals surface area contributed by atoms with Gasteiger partial charge in [0.25, 0.3) is 0 Å². The van der Waals surface area contributed by atoms with E-state index in [1.807, 2.05) is 11.4 Å². The van der Waals surface area contributed by atoms with Crippen molar-refractivity contribution in [3.05, 3.63) is 22.1 Å². The molecule has 4 heteroatoms. The van der Waals surface area contributed by atoms with Gasteiger partial charge in [-0.3, -0.25) is 0 Å². The molecule has 0 amide bonds. The maximum Gasteiger partial charge on any atom is 0.172 e. The van der Waals surface area contributed by atoms with Crippen molar-refractivity contribution in [2.45, 2.75) is 0 Å². The van der Waals surface area contributed by atoms with E-state index in [-0.39, 0.29) is 0 Å². The lowest BCUT2D eigenvalue weighted by atomic mass is 10.4. The molecule has 0 atom stereocenters. The molecule has 0 saturated carbocycles. The smallest absolute Gasteiger partial charge is 0.172 e. The van der Waals surface area contributed by atoms with E-state index in [9.17, 15) is 0 Å². The average Bonchev–Trinajstić information content (AvgIpc) is 2.33. The Bertz CT molecular complexity index is 357. The summed E-state index contributed by atoms with van der Waals surface area (Å²) in [6.45, 7) is 0. The van der Waals surface area contributed by atoms with E-state index in [4.69, 9.17) is 0 Å². The van der Waals surface area contributed by atoms with E-state index < -0.39 is 0 Å². The zero-order valence-electron chi connectivity index (χ0n) is 4.91. The molecule has 10 heavy (non-hydrogen) atoms. The maximum absolute atomic E-state index is 4.09. The summed E-state index contributed by atoms with van der Waals surface area (Å²) in [4.78, 5) is 4.09. The highest BCUT2D eigenvalue weighted by Crippen LogP contribution is 2.17. The van der Waals surface area contributed by atoms with Crippen molar-refractivity contribution >= 4 is 38.5 Å². The van der Waals surface area contributed by atoms with Gasteiger partial charge in [-0.05, 0) is 33.5 Å². The van der Waals surface area contributed by atoms with Crippen LogP contribution in [0.25, 0.3) is 11.0 Å². The van der Waals surface area contributed by atoms with Gasteiger partial charge >= 0.3 is 0 Å². The summed E-state index contributed by atoms with van der Waals surface area (Å²) in [6, 6.07) is 2.01. The third kappa shape index (κ3) is 0.932. The van der Waals surface area contributed by atoms with E-state index >= 15 is 0 Å². The molecule has 2 heterocycles. The Balaban J connectivity index is 2.86. The van der Waals surface area contributed by atoms with Crippen LogP contribution in [0.15, 0.2) is 22.1 Å². The number of hydrogen-bond donors (Lipinski definition) is 0. The van der Waals surface area contributed by atoms with Gasteiger partial charge in [-0.1, -0.05) is 0 Å². The summed E-state index contributed by atoms with van der Waals surface area (Å²) in [6.07, 6.45) is 1.75. The third-order valence-electron chi connectivity index (χ3n) is 1.18. The Hall–Kier alpha value is -0.480. The molecule has 50 valence electrons. The van der Waals surface area contributed by atoms with Gasteiger partial charge in [-0.2, -0.15) is 4.37 Å². The summed E-state index contributed by atoms with van der Waals surface area (Å²) in [5.41, 5.74) is 0.827. The highest BCUT2D eigenvalue weighted by atomic mass is 79.9. The van der Waals surface area contributed by atoms with Gasteiger partial charge in [0.05, 0.1) is 0 Å². The Morgan fingerprint density at radius 2 is 2.40 bits per heavy atom. The van der Waals surface area contributed by atoms with E-state index in [1.165, 1.54) is 11.5 Å². The number of halogens is 1. The van der Waals surface area contributed by atoms with Crippen LogP contribution in [0.5, 0.6) is 0 Å². The fourth-order valence-corrected chi connectivity index (χ4v) is 1.68. The van der Waals surface area contributed by atoms with Crippen molar-refractivity contribution in [1.82, 2.24) is 9.36 Å². The number of pyridine rings is 1. The molecule has 2 aromatic rings. The first-order chi connectivity index (χ1) is 4.86. The van der Waals surface area contributed by atoms with E-state index in [0.717, 1.165) is 15.5 Å². The second-order valence-electron chi connectivity index (χ2n) is 1.88. The molecule has 0 saturated heterocycles. The van der Waals surface area contributed by atoms with E-state index in [1.54, 1.807) is 6.20 Å². The summed E-state index contributed by atoms with van der Waals surface area (Å²) in [5.74, 6) is 0. The van der Waals surface area contributed by atoms with Crippen LogP contribution in [0.4, 0.5) is 0 Å². The van der Waals surface area contributed by atoms with Crippen LogP contribution in [0.3, 0.4) is 0 Å². The van der Waals surface area contributed by atoms with Crippen LogP contribution < -0.4 is 0 Å². The second kappa shape index (κ2) is 2.29. The summed E-state index contributed by atoms with van der Waals surface area (Å²) < 4.78 is 5.07. The lowest BCUT2D eigenvalue weighted by Crippen LogP contribution is -1.73. The highest BCUT2D eigenvalue weighted by Gasteiger charge is 1.95. The van der Waals surface area contributed by atoms with Crippen LogP contribution in [-0.4, -0.2) is 9.36 Å². The molecule has 0 bridgehead atoms. The normalized spacial score (nSPS) is 10.5. The number of hydrogen-bond acceptors (Lipinski definition) is 3. The predicted molar refractivity (Wildman–Crippen MR) is 45.1 cm³/mol. The first kappa shape index (κ1) is 6.24. The van der Waals surface area contributed by atoms with Gasteiger partial charge < -0.3 is 0 Å². The lowest BCUT2D eigenvalue weighted by molar-refractivity contribution is 1.35. The standard InChI is InChI=1S/C6H3BrN2S/c7-5-1-4-3-10-9-6(4)8-2-5/h1-3H. The molecule has 0 fully saturated rings. The number of aromatic nitrogens is 2. The monoisotopic (exact) mass is 214 g/mol. The average molecular weight is 215 g/mol. The number of nitrogens with zero attached hydrogens (tertiary/aromatic N) is 2. The zero-order valence-corrected chi connectivity index (χ0v) is 7.32. The minimum absolute atomic E-state index is 0.827. The van der Waals surface area contributed by atoms with Gasteiger partial charge in [-0.25, -0.2) is 4.98 Å². The van der Waals surface area contributed by atoms with Crippen molar-refractivity contribution in [2.24, 2.45) is 0 Å². The Labute approximate surface area is 70.2 Å². The van der Waals surface area contributed by atoms with Gasteiger partial charge in [0.15, 0.2) is 5.65 Å². The molecule has 0 aliphatic heterocycles. The summed E-state index contributed by atoms with van der Waals surface area (Å²) in [5, 5.41) is 3.08. The number of rotatable bonds is 0. The Morgan fingerprint density at radius 1 is 1.50 bits per heavy atom. The maximum atomic E-state index is 4.09. The van der Waals surface area contributed by atoms with Crippen molar-refractivity contribution in [2.75, 3.05) is 0 Å². The van der Waals surface area contributed by atoms with Crippen LogP contribution in [0.2, 0.25) is 0 Å². The lowest BCUT2D eigenvalue weighted by Gasteiger charge is -1.86. The topological polar surface area (TPSA) is 25.8 Å². The summed E-state index contributed by atoms with van der Waals surface area (Å²) >= 11 is 4.76. The molecule has 0 unspecified atom stereocenters. The molecular formula is C6H3BrN2S. The predicted octanol–water partition coefficient (Wildman–Crippen LogP) is 2.45. The van der Waals surface area contributed by atoms with Gasteiger partial charge in [-0.15, -0.1) is 0 Å². The molecule has 2 nitrogen and oxygen atoms in total. The highest BCUT2D eigenvalue weighted by molar-refractivity contribution is 9.10. The van der Waals surface area contributed by atoms with E-state index in [0.29, 0.717) is 0 Å². The van der Waals surface area contributed by atoms with Gasteiger partial charge in [0.2, 0.25) is 0 Å². The molecule has 0 radical (unpaired) electrons. The van der Waals surface area contributed by atoms with Gasteiger partial charge in [0, 0.05) is 21.4 Å². The van der Waals surface area contributed by atoms with Crippen LogP contribution >= 0.6 is 27.5 Å². The first-order valence-electron chi connectivity index (χ1n) is 2.72. The quantitative estimate of drug-likeness (QED) is 0.674.